The summed E-state index contributed by atoms with van der Waals surface area (Å²) in [6.45, 7) is 2.92. The molecule has 1 aliphatic rings. The first-order valence-electron chi connectivity index (χ1n) is 10.5. The second-order valence-electron chi connectivity index (χ2n) is 7.57. The number of carbonyl (C=O) groups is 1. The fourth-order valence-electron chi connectivity index (χ4n) is 3.70. The Bertz CT molecular complexity index is 1010. The smallest absolute Gasteiger partial charge is 0.226 e. The van der Waals surface area contributed by atoms with Crippen LogP contribution in [-0.2, 0) is 11.2 Å². The topological polar surface area (TPSA) is 62.5 Å². The maximum absolute atomic E-state index is 13.1. The van der Waals surface area contributed by atoms with Crippen LogP contribution in [0.1, 0.15) is 25.2 Å². The molecular weight excluding hydrogens is 402 g/mol. The first kappa shape index (κ1) is 21.0. The SMILES string of the molecule is O=C(CCCc1nc(-c2ccc(F)cc2)no1)N1CCCN(c2ccc(F)cc2)CC1. The van der Waals surface area contributed by atoms with Crippen molar-refractivity contribution < 1.29 is 18.1 Å². The van der Waals surface area contributed by atoms with Crippen molar-refractivity contribution in [3.63, 3.8) is 0 Å². The molecule has 1 fully saturated rings. The molecule has 0 radical (unpaired) electrons. The molecule has 2 heterocycles. The summed E-state index contributed by atoms with van der Waals surface area (Å²) in [7, 11) is 0. The summed E-state index contributed by atoms with van der Waals surface area (Å²) in [5.41, 5.74) is 1.66. The number of rotatable bonds is 6. The maximum atomic E-state index is 13.1. The zero-order valence-corrected chi connectivity index (χ0v) is 17.1. The standard InChI is InChI=1S/C23H24F2N4O2/c24-18-7-5-17(6-8-18)23-26-21(31-27-23)3-1-4-22(30)29-14-2-13-28(15-16-29)20-11-9-19(25)10-12-20/h5-12H,1-4,13-16H2. The van der Waals surface area contributed by atoms with Gasteiger partial charge in [0.05, 0.1) is 0 Å². The van der Waals surface area contributed by atoms with Crippen LogP contribution in [0.4, 0.5) is 14.5 Å². The fourth-order valence-corrected chi connectivity index (χ4v) is 3.70. The van der Waals surface area contributed by atoms with Crippen molar-refractivity contribution in [3.8, 4) is 11.4 Å². The predicted octanol–water partition coefficient (Wildman–Crippen LogP) is 4.08. The molecule has 162 valence electrons. The number of hydrogen-bond donors (Lipinski definition) is 0. The lowest BCUT2D eigenvalue weighted by atomic mass is 10.2. The molecule has 3 aromatic rings. The van der Waals surface area contributed by atoms with Gasteiger partial charge < -0.3 is 14.3 Å². The number of aryl methyl sites for hydroxylation is 1. The molecule has 8 heteroatoms. The van der Waals surface area contributed by atoms with Crippen LogP contribution in [-0.4, -0.2) is 47.1 Å². The van der Waals surface area contributed by atoms with Crippen molar-refractivity contribution in [1.82, 2.24) is 15.0 Å². The van der Waals surface area contributed by atoms with Crippen molar-refractivity contribution in [2.45, 2.75) is 25.7 Å². The number of nitrogens with zero attached hydrogens (tertiary/aromatic N) is 4. The molecule has 31 heavy (non-hydrogen) atoms. The van der Waals surface area contributed by atoms with Crippen molar-refractivity contribution >= 4 is 11.6 Å². The summed E-state index contributed by atoms with van der Waals surface area (Å²) in [6.07, 6.45) is 2.40. The molecule has 1 amide bonds. The monoisotopic (exact) mass is 426 g/mol. The highest BCUT2D eigenvalue weighted by molar-refractivity contribution is 5.76. The average Bonchev–Trinajstić information content (AvgIpc) is 3.10. The highest BCUT2D eigenvalue weighted by atomic mass is 19.1. The van der Waals surface area contributed by atoms with Gasteiger partial charge in [-0.3, -0.25) is 4.79 Å². The molecule has 0 N–H and O–H groups in total. The zero-order chi connectivity index (χ0) is 21.6. The van der Waals surface area contributed by atoms with Gasteiger partial charge in [-0.05, 0) is 61.4 Å². The van der Waals surface area contributed by atoms with Crippen LogP contribution in [0, 0.1) is 11.6 Å². The molecule has 0 unspecified atom stereocenters. The minimum Gasteiger partial charge on any atom is -0.370 e. The lowest BCUT2D eigenvalue weighted by molar-refractivity contribution is -0.131. The Morgan fingerprint density at radius 1 is 0.935 bits per heavy atom. The Morgan fingerprint density at radius 2 is 1.65 bits per heavy atom. The van der Waals surface area contributed by atoms with Gasteiger partial charge in [0.25, 0.3) is 0 Å². The molecule has 1 saturated heterocycles. The van der Waals surface area contributed by atoms with E-state index in [0.717, 1.165) is 25.2 Å². The number of hydrogen-bond acceptors (Lipinski definition) is 5. The summed E-state index contributed by atoms with van der Waals surface area (Å²) >= 11 is 0. The predicted molar refractivity (Wildman–Crippen MR) is 112 cm³/mol. The third-order valence-electron chi connectivity index (χ3n) is 5.39. The first-order valence-corrected chi connectivity index (χ1v) is 10.5. The number of benzene rings is 2. The Balaban J connectivity index is 1.24. The minimum atomic E-state index is -0.319. The van der Waals surface area contributed by atoms with Crippen molar-refractivity contribution in [1.29, 1.82) is 0 Å². The molecule has 0 atom stereocenters. The third kappa shape index (κ3) is 5.45. The lowest BCUT2D eigenvalue weighted by Crippen LogP contribution is -2.35. The van der Waals surface area contributed by atoms with Gasteiger partial charge >= 0.3 is 0 Å². The summed E-state index contributed by atoms with van der Waals surface area (Å²) in [5, 5.41) is 3.93. The molecule has 6 nitrogen and oxygen atoms in total. The molecule has 0 saturated carbocycles. The Labute approximate surface area is 179 Å². The number of aromatic nitrogens is 2. The normalized spacial score (nSPS) is 14.5. The molecule has 0 spiro atoms. The van der Waals surface area contributed by atoms with Crippen molar-refractivity contribution in [2.75, 3.05) is 31.1 Å². The summed E-state index contributed by atoms with van der Waals surface area (Å²) < 4.78 is 31.4. The fraction of sp³-hybridized carbons (Fsp3) is 0.348. The van der Waals surface area contributed by atoms with Crippen LogP contribution in [0.25, 0.3) is 11.4 Å². The Hall–Kier alpha value is -3.29. The van der Waals surface area contributed by atoms with Crippen LogP contribution < -0.4 is 4.90 Å². The van der Waals surface area contributed by atoms with E-state index >= 15 is 0 Å². The van der Waals surface area contributed by atoms with E-state index in [1.807, 2.05) is 4.90 Å². The van der Waals surface area contributed by atoms with Crippen molar-refractivity contribution in [3.05, 3.63) is 66.1 Å². The van der Waals surface area contributed by atoms with Crippen LogP contribution >= 0.6 is 0 Å². The Kier molecular flexibility index (Phi) is 6.54. The van der Waals surface area contributed by atoms with Gasteiger partial charge in [-0.15, -0.1) is 0 Å². The van der Waals surface area contributed by atoms with Gasteiger partial charge in [0, 0.05) is 50.3 Å². The molecular formula is C23H24F2N4O2. The van der Waals surface area contributed by atoms with Crippen LogP contribution in [0.3, 0.4) is 0 Å². The molecule has 1 aliphatic heterocycles. The van der Waals surface area contributed by atoms with Crippen molar-refractivity contribution in [2.24, 2.45) is 0 Å². The van der Waals surface area contributed by atoms with E-state index in [1.54, 1.807) is 24.3 Å². The van der Waals surface area contributed by atoms with E-state index < -0.39 is 0 Å². The van der Waals surface area contributed by atoms with Crippen LogP contribution in [0.15, 0.2) is 53.1 Å². The second kappa shape index (κ2) is 9.68. The van der Waals surface area contributed by atoms with Gasteiger partial charge in [-0.1, -0.05) is 5.16 Å². The Morgan fingerprint density at radius 3 is 2.39 bits per heavy atom. The van der Waals surface area contributed by atoms with Gasteiger partial charge in [0.2, 0.25) is 17.6 Å². The highest BCUT2D eigenvalue weighted by Gasteiger charge is 2.19. The van der Waals surface area contributed by atoms with Gasteiger partial charge in [-0.25, -0.2) is 8.78 Å². The number of amides is 1. The van der Waals surface area contributed by atoms with E-state index in [9.17, 15) is 13.6 Å². The van der Waals surface area contributed by atoms with E-state index in [2.05, 4.69) is 15.0 Å². The van der Waals surface area contributed by atoms with Crippen LogP contribution in [0.5, 0.6) is 0 Å². The highest BCUT2D eigenvalue weighted by Crippen LogP contribution is 2.19. The lowest BCUT2D eigenvalue weighted by Gasteiger charge is -2.23. The van der Waals surface area contributed by atoms with E-state index in [0.29, 0.717) is 49.6 Å². The first-order chi connectivity index (χ1) is 15.1. The molecule has 4 rings (SSSR count). The summed E-state index contributed by atoms with van der Waals surface area (Å²) in [5.74, 6) is 0.418. The quantitative estimate of drug-likeness (QED) is 0.595. The zero-order valence-electron chi connectivity index (χ0n) is 17.1. The largest absolute Gasteiger partial charge is 0.370 e. The second-order valence-corrected chi connectivity index (χ2v) is 7.57. The summed E-state index contributed by atoms with van der Waals surface area (Å²) in [6, 6.07) is 12.4. The van der Waals surface area contributed by atoms with Gasteiger partial charge in [0.1, 0.15) is 11.6 Å². The van der Waals surface area contributed by atoms with Crippen LogP contribution in [0.2, 0.25) is 0 Å². The van der Waals surface area contributed by atoms with E-state index in [-0.39, 0.29) is 17.5 Å². The minimum absolute atomic E-state index is 0.110. The van der Waals surface area contributed by atoms with E-state index in [1.165, 1.54) is 24.3 Å². The van der Waals surface area contributed by atoms with E-state index in [4.69, 9.17) is 4.52 Å². The molecule has 2 aromatic carbocycles. The molecule has 0 aliphatic carbocycles. The third-order valence-corrected chi connectivity index (χ3v) is 5.39. The average molecular weight is 426 g/mol. The number of carbonyl (C=O) groups excluding carboxylic acids is 1. The molecule has 1 aromatic heterocycles. The summed E-state index contributed by atoms with van der Waals surface area (Å²) in [4.78, 5) is 21.0. The number of halogens is 2. The molecule has 0 bridgehead atoms. The number of anilines is 1. The van der Waals surface area contributed by atoms with Gasteiger partial charge in [0.15, 0.2) is 0 Å². The van der Waals surface area contributed by atoms with Gasteiger partial charge in [-0.2, -0.15) is 4.98 Å². The maximum Gasteiger partial charge on any atom is 0.226 e.